The van der Waals surface area contributed by atoms with Crippen LogP contribution in [-0.2, 0) is 10.0 Å². The van der Waals surface area contributed by atoms with Gasteiger partial charge in [0.05, 0.1) is 11.4 Å². The molecule has 0 atom stereocenters. The lowest BCUT2D eigenvalue weighted by molar-refractivity contribution is 0.0848. The summed E-state index contributed by atoms with van der Waals surface area (Å²) in [6.45, 7) is 6.64. The maximum absolute atomic E-state index is 13.1. The predicted molar refractivity (Wildman–Crippen MR) is 101 cm³/mol. The summed E-state index contributed by atoms with van der Waals surface area (Å²) >= 11 is 0. The van der Waals surface area contributed by atoms with Crippen LogP contribution in [0.15, 0.2) is 4.90 Å². The summed E-state index contributed by atoms with van der Waals surface area (Å²) in [5.74, 6) is 0.887. The molecule has 6 nitrogen and oxygen atoms in total. The zero-order valence-electron chi connectivity index (χ0n) is 16.2. The highest BCUT2D eigenvalue weighted by Gasteiger charge is 2.34. The van der Waals surface area contributed by atoms with Crippen LogP contribution in [0, 0.1) is 25.7 Å². The van der Waals surface area contributed by atoms with E-state index in [1.807, 2.05) is 0 Å². The highest BCUT2D eigenvalue weighted by atomic mass is 32.2. The first-order valence-corrected chi connectivity index (χ1v) is 11.3. The second kappa shape index (κ2) is 7.80. The number of hydrogen-bond acceptors (Lipinski definition) is 4. The van der Waals surface area contributed by atoms with Crippen LogP contribution in [0.1, 0.15) is 74.5 Å². The van der Waals surface area contributed by atoms with E-state index in [2.05, 4.69) is 12.0 Å². The zero-order valence-corrected chi connectivity index (χ0v) is 17.0. The third kappa shape index (κ3) is 3.88. The topological polar surface area (TPSA) is 72.3 Å². The van der Waals surface area contributed by atoms with Gasteiger partial charge < -0.3 is 0 Å². The molecule has 0 amide bonds. The fraction of sp³-hybridized carbons (Fsp3) is 0.789. The fourth-order valence-corrected chi connectivity index (χ4v) is 6.15. The molecule has 0 bridgehead atoms. The van der Waals surface area contributed by atoms with Gasteiger partial charge in [-0.1, -0.05) is 26.2 Å². The molecule has 1 aliphatic heterocycles. The molecule has 0 radical (unpaired) electrons. The molecule has 1 saturated heterocycles. The Hall–Kier alpha value is -1.21. The Morgan fingerprint density at radius 1 is 1.08 bits per heavy atom. The molecular weight excluding hydrogens is 350 g/mol. The van der Waals surface area contributed by atoms with Crippen LogP contribution >= 0.6 is 0 Å². The van der Waals surface area contributed by atoms with Gasteiger partial charge in [0.2, 0.25) is 15.9 Å². The first kappa shape index (κ1) is 19.5. The Bertz CT molecular complexity index is 755. The van der Waals surface area contributed by atoms with Crippen LogP contribution in [0.5, 0.6) is 0 Å². The third-order valence-electron chi connectivity index (χ3n) is 5.99. The lowest BCUT2D eigenvalue weighted by Gasteiger charge is -2.29. The second-order valence-corrected chi connectivity index (χ2v) is 9.98. The lowest BCUT2D eigenvalue weighted by atomic mass is 9.87. The number of carbonyl (C=O) groups is 1. The van der Waals surface area contributed by atoms with E-state index in [0.29, 0.717) is 42.7 Å². The van der Waals surface area contributed by atoms with E-state index in [1.165, 1.54) is 23.9 Å². The van der Waals surface area contributed by atoms with Crippen LogP contribution < -0.4 is 0 Å². The van der Waals surface area contributed by atoms with Crippen molar-refractivity contribution in [1.82, 2.24) is 14.1 Å². The first-order valence-electron chi connectivity index (χ1n) is 9.90. The first-order chi connectivity index (χ1) is 12.3. The Labute approximate surface area is 157 Å². The smallest absolute Gasteiger partial charge is 0.247 e. The van der Waals surface area contributed by atoms with Crippen molar-refractivity contribution in [2.24, 2.45) is 11.8 Å². The van der Waals surface area contributed by atoms with Crippen LogP contribution in [0.2, 0.25) is 0 Å². The van der Waals surface area contributed by atoms with Gasteiger partial charge in [-0.15, -0.1) is 0 Å². The summed E-state index contributed by atoms with van der Waals surface area (Å²) in [5.41, 5.74) is 0.889. The number of sulfonamides is 1. The van der Waals surface area contributed by atoms with Gasteiger partial charge in [-0.05, 0) is 51.4 Å². The Kier molecular flexibility index (Phi) is 5.87. The van der Waals surface area contributed by atoms with E-state index >= 15 is 0 Å². The molecule has 0 spiro atoms. The van der Waals surface area contributed by atoms with Crippen LogP contribution in [0.25, 0.3) is 0 Å². The predicted octanol–water partition coefficient (Wildman–Crippen LogP) is 3.53. The summed E-state index contributed by atoms with van der Waals surface area (Å²) in [6.07, 6.45) is 8.01. The van der Waals surface area contributed by atoms with Crippen LogP contribution in [0.4, 0.5) is 0 Å². The number of piperidine rings is 1. The molecule has 2 heterocycles. The zero-order chi connectivity index (χ0) is 18.9. The Balaban J connectivity index is 1.82. The molecule has 0 aromatic carbocycles. The highest BCUT2D eigenvalue weighted by molar-refractivity contribution is 7.89. The summed E-state index contributed by atoms with van der Waals surface area (Å²) in [6, 6.07) is 0. The van der Waals surface area contributed by atoms with E-state index in [9.17, 15) is 13.2 Å². The van der Waals surface area contributed by atoms with Gasteiger partial charge in [0.15, 0.2) is 0 Å². The molecular formula is C19H31N3O3S. The van der Waals surface area contributed by atoms with Gasteiger partial charge in [-0.3, -0.25) is 4.79 Å². The molecule has 0 N–H and O–H groups in total. The number of aromatic nitrogens is 2. The Morgan fingerprint density at radius 2 is 1.69 bits per heavy atom. The van der Waals surface area contributed by atoms with E-state index in [4.69, 9.17) is 0 Å². The van der Waals surface area contributed by atoms with Crippen LogP contribution in [-0.4, -0.2) is 41.5 Å². The van der Waals surface area contributed by atoms with Crippen molar-refractivity contribution in [3.8, 4) is 0 Å². The molecule has 3 rings (SSSR count). The van der Waals surface area contributed by atoms with Gasteiger partial charge >= 0.3 is 0 Å². The molecule has 0 unspecified atom stereocenters. The van der Waals surface area contributed by atoms with Gasteiger partial charge in [0, 0.05) is 19.5 Å². The molecule has 2 fully saturated rings. The molecule has 1 aromatic rings. The summed E-state index contributed by atoms with van der Waals surface area (Å²) in [7, 11) is -3.59. The SMILES string of the molecule is Cc1nn(C(=O)CC2CCCCC2)c(C)c1S(=O)(=O)N1CCC(C)CC1. The molecule has 1 saturated carbocycles. The number of aryl methyl sites for hydroxylation is 1. The van der Waals surface area contributed by atoms with E-state index < -0.39 is 10.0 Å². The molecule has 26 heavy (non-hydrogen) atoms. The van der Waals surface area contributed by atoms with Gasteiger partial charge in [-0.2, -0.15) is 9.40 Å². The number of nitrogens with zero attached hydrogens (tertiary/aromatic N) is 3. The standard InChI is InChI=1S/C19H31N3O3S/c1-14-9-11-21(12-10-14)26(24,25)19-15(2)20-22(16(19)3)18(23)13-17-7-5-4-6-8-17/h14,17H,4-13H2,1-3H3. The average molecular weight is 382 g/mol. The van der Waals surface area contributed by atoms with Gasteiger partial charge in [0.1, 0.15) is 4.90 Å². The third-order valence-corrected chi connectivity index (χ3v) is 8.14. The normalized spacial score (nSPS) is 21.2. The summed E-state index contributed by atoms with van der Waals surface area (Å²) in [5, 5.41) is 4.31. The average Bonchev–Trinajstić information content (AvgIpc) is 2.91. The van der Waals surface area contributed by atoms with Gasteiger partial charge in [-0.25, -0.2) is 13.1 Å². The van der Waals surface area contributed by atoms with Crippen molar-refractivity contribution >= 4 is 15.9 Å². The van der Waals surface area contributed by atoms with Crippen molar-refractivity contribution in [2.75, 3.05) is 13.1 Å². The van der Waals surface area contributed by atoms with Crippen molar-refractivity contribution < 1.29 is 13.2 Å². The highest BCUT2D eigenvalue weighted by Crippen LogP contribution is 2.30. The van der Waals surface area contributed by atoms with Crippen molar-refractivity contribution in [1.29, 1.82) is 0 Å². The quantitative estimate of drug-likeness (QED) is 0.800. The number of carbonyl (C=O) groups excluding carboxylic acids is 1. The van der Waals surface area contributed by atoms with Crippen molar-refractivity contribution in [3.63, 3.8) is 0 Å². The minimum absolute atomic E-state index is 0.0776. The molecule has 146 valence electrons. The Morgan fingerprint density at radius 3 is 2.31 bits per heavy atom. The lowest BCUT2D eigenvalue weighted by Crippen LogP contribution is -2.38. The minimum Gasteiger partial charge on any atom is -0.273 e. The number of hydrogen-bond donors (Lipinski definition) is 0. The molecule has 1 aromatic heterocycles. The molecule has 2 aliphatic rings. The number of rotatable bonds is 4. The van der Waals surface area contributed by atoms with Crippen molar-refractivity contribution in [2.45, 2.75) is 77.0 Å². The second-order valence-electron chi connectivity index (χ2n) is 8.10. The largest absolute Gasteiger partial charge is 0.273 e. The molecule has 7 heteroatoms. The van der Waals surface area contributed by atoms with Crippen molar-refractivity contribution in [3.05, 3.63) is 11.4 Å². The summed E-state index contributed by atoms with van der Waals surface area (Å²) in [4.78, 5) is 13.0. The van der Waals surface area contributed by atoms with Crippen LogP contribution in [0.3, 0.4) is 0 Å². The monoisotopic (exact) mass is 381 g/mol. The maximum Gasteiger partial charge on any atom is 0.247 e. The summed E-state index contributed by atoms with van der Waals surface area (Å²) < 4.78 is 29.1. The van der Waals surface area contributed by atoms with E-state index in [0.717, 1.165) is 25.7 Å². The van der Waals surface area contributed by atoms with E-state index in [-0.39, 0.29) is 10.8 Å². The minimum atomic E-state index is -3.59. The maximum atomic E-state index is 13.1. The molecule has 1 aliphatic carbocycles. The fourth-order valence-electron chi connectivity index (χ4n) is 4.32. The van der Waals surface area contributed by atoms with Gasteiger partial charge in [0.25, 0.3) is 0 Å². The van der Waals surface area contributed by atoms with E-state index in [1.54, 1.807) is 18.2 Å².